The number of rotatable bonds is 10. The van der Waals surface area contributed by atoms with Gasteiger partial charge in [-0.2, -0.15) is 0 Å². The fourth-order valence-electron chi connectivity index (χ4n) is 3.47. The fraction of sp³-hybridized carbons (Fsp3) is 0.440. The largest absolute Gasteiger partial charge is 0.354 e. The summed E-state index contributed by atoms with van der Waals surface area (Å²) in [5, 5.41) is 3.01. The number of unbranched alkanes of at least 4 members (excludes halogenated alkanes) is 1. The topological polar surface area (TPSA) is 49.4 Å². The van der Waals surface area contributed by atoms with E-state index in [9.17, 15) is 9.59 Å². The van der Waals surface area contributed by atoms with E-state index in [1.165, 1.54) is 0 Å². The normalized spacial score (nSPS) is 11.7. The van der Waals surface area contributed by atoms with Crippen LogP contribution in [0.4, 0.5) is 0 Å². The third-order valence-electron chi connectivity index (χ3n) is 5.42. The second-order valence-electron chi connectivity index (χ2n) is 7.62. The van der Waals surface area contributed by atoms with E-state index in [4.69, 9.17) is 0 Å². The minimum absolute atomic E-state index is 0.0138. The number of nitrogens with zero attached hydrogens (tertiary/aromatic N) is 1. The number of aryl methyl sites for hydroxylation is 2. The number of hydrogen-bond acceptors (Lipinski definition) is 2. The molecule has 2 aromatic carbocycles. The van der Waals surface area contributed by atoms with Crippen molar-refractivity contribution in [1.29, 1.82) is 0 Å². The van der Waals surface area contributed by atoms with Gasteiger partial charge in [-0.15, -0.1) is 0 Å². The first-order valence-electron chi connectivity index (χ1n) is 10.6. The van der Waals surface area contributed by atoms with Crippen molar-refractivity contribution in [3.05, 3.63) is 70.8 Å². The summed E-state index contributed by atoms with van der Waals surface area (Å²) in [6.45, 7) is 9.22. The van der Waals surface area contributed by atoms with E-state index >= 15 is 0 Å². The Morgan fingerprint density at radius 2 is 1.52 bits per heavy atom. The molecule has 0 aliphatic carbocycles. The van der Waals surface area contributed by atoms with Gasteiger partial charge in [0.2, 0.25) is 11.8 Å². The van der Waals surface area contributed by atoms with Crippen LogP contribution in [0, 0.1) is 13.8 Å². The molecule has 29 heavy (non-hydrogen) atoms. The van der Waals surface area contributed by atoms with Crippen LogP contribution in [0.3, 0.4) is 0 Å². The highest BCUT2D eigenvalue weighted by atomic mass is 16.2. The van der Waals surface area contributed by atoms with Crippen LogP contribution in [0.5, 0.6) is 0 Å². The third-order valence-corrected chi connectivity index (χ3v) is 5.42. The summed E-state index contributed by atoms with van der Waals surface area (Å²) in [5.74, 6) is -0.0762. The van der Waals surface area contributed by atoms with Crippen molar-refractivity contribution in [1.82, 2.24) is 10.2 Å². The molecule has 0 saturated carbocycles. The van der Waals surface area contributed by atoms with Crippen molar-refractivity contribution in [3.8, 4) is 0 Å². The SMILES string of the molecule is CCCCNC(=O)[C@@H](CC)N(Cc1ccccc1C)C(=O)Cc1ccccc1C. The standard InChI is InChI=1S/C25H34N2O2/c1-5-7-16-26-25(29)23(6-2)27(18-22-15-11-9-13-20(22)4)24(28)17-21-14-10-8-12-19(21)3/h8-15,23H,5-7,16-18H2,1-4H3,(H,26,29)/t23-/m1/s1. The van der Waals surface area contributed by atoms with Crippen LogP contribution < -0.4 is 5.32 Å². The summed E-state index contributed by atoms with van der Waals surface area (Å²) in [6, 6.07) is 15.5. The Balaban J connectivity index is 2.28. The lowest BCUT2D eigenvalue weighted by molar-refractivity contribution is -0.141. The summed E-state index contributed by atoms with van der Waals surface area (Å²) >= 11 is 0. The smallest absolute Gasteiger partial charge is 0.242 e. The highest BCUT2D eigenvalue weighted by molar-refractivity contribution is 5.88. The molecule has 0 saturated heterocycles. The van der Waals surface area contributed by atoms with Gasteiger partial charge in [0, 0.05) is 13.1 Å². The van der Waals surface area contributed by atoms with Gasteiger partial charge in [0.15, 0.2) is 0 Å². The molecule has 0 aromatic heterocycles. The van der Waals surface area contributed by atoms with Gasteiger partial charge in [0.25, 0.3) is 0 Å². The zero-order chi connectivity index (χ0) is 21.2. The summed E-state index contributed by atoms with van der Waals surface area (Å²) in [7, 11) is 0. The Morgan fingerprint density at radius 1 is 0.931 bits per heavy atom. The average Bonchev–Trinajstić information content (AvgIpc) is 2.71. The van der Waals surface area contributed by atoms with E-state index in [1.54, 1.807) is 4.90 Å². The van der Waals surface area contributed by atoms with Gasteiger partial charge in [-0.3, -0.25) is 9.59 Å². The Hall–Kier alpha value is -2.62. The van der Waals surface area contributed by atoms with E-state index in [0.717, 1.165) is 35.1 Å². The molecule has 0 radical (unpaired) electrons. The summed E-state index contributed by atoms with van der Waals surface area (Å²) in [4.78, 5) is 28.0. The number of hydrogen-bond donors (Lipinski definition) is 1. The van der Waals surface area contributed by atoms with Crippen LogP contribution in [-0.2, 0) is 22.6 Å². The number of benzene rings is 2. The van der Waals surface area contributed by atoms with Crippen LogP contribution in [0.25, 0.3) is 0 Å². The first-order chi connectivity index (χ1) is 14.0. The lowest BCUT2D eigenvalue weighted by Gasteiger charge is -2.31. The van der Waals surface area contributed by atoms with Crippen molar-refractivity contribution in [3.63, 3.8) is 0 Å². The third kappa shape index (κ3) is 6.45. The number of carbonyl (C=O) groups is 2. The number of nitrogens with one attached hydrogen (secondary N) is 1. The molecule has 0 spiro atoms. The molecular weight excluding hydrogens is 360 g/mol. The van der Waals surface area contributed by atoms with Crippen LogP contribution in [-0.4, -0.2) is 29.3 Å². The van der Waals surface area contributed by atoms with Crippen molar-refractivity contribution in [2.75, 3.05) is 6.54 Å². The molecular formula is C25H34N2O2. The van der Waals surface area contributed by atoms with E-state index in [1.807, 2.05) is 69.3 Å². The molecule has 4 nitrogen and oxygen atoms in total. The van der Waals surface area contributed by atoms with Crippen LogP contribution >= 0.6 is 0 Å². The van der Waals surface area contributed by atoms with E-state index in [2.05, 4.69) is 12.2 Å². The average molecular weight is 395 g/mol. The maximum atomic E-state index is 13.4. The Labute approximate surface area is 175 Å². The highest BCUT2D eigenvalue weighted by Crippen LogP contribution is 2.18. The maximum absolute atomic E-state index is 13.4. The van der Waals surface area contributed by atoms with E-state index < -0.39 is 6.04 Å². The molecule has 0 aliphatic rings. The van der Waals surface area contributed by atoms with Gasteiger partial charge in [0.1, 0.15) is 6.04 Å². The zero-order valence-corrected chi connectivity index (χ0v) is 18.2. The summed E-state index contributed by atoms with van der Waals surface area (Å²) in [5.41, 5.74) is 4.30. The Bertz CT molecular complexity index is 816. The number of amides is 2. The minimum Gasteiger partial charge on any atom is -0.354 e. The molecule has 0 heterocycles. The molecule has 2 aromatic rings. The Morgan fingerprint density at radius 3 is 2.07 bits per heavy atom. The van der Waals surface area contributed by atoms with E-state index in [-0.39, 0.29) is 11.8 Å². The molecule has 0 unspecified atom stereocenters. The second-order valence-corrected chi connectivity index (χ2v) is 7.62. The van der Waals surface area contributed by atoms with Crippen molar-refractivity contribution >= 4 is 11.8 Å². The van der Waals surface area contributed by atoms with Crippen LogP contribution in [0.2, 0.25) is 0 Å². The highest BCUT2D eigenvalue weighted by Gasteiger charge is 2.28. The van der Waals surface area contributed by atoms with Crippen LogP contribution in [0.1, 0.15) is 55.4 Å². The van der Waals surface area contributed by atoms with Crippen molar-refractivity contribution < 1.29 is 9.59 Å². The Kier molecular flexibility index (Phi) is 8.91. The zero-order valence-electron chi connectivity index (χ0n) is 18.2. The molecule has 156 valence electrons. The second kappa shape index (κ2) is 11.4. The van der Waals surface area contributed by atoms with Gasteiger partial charge >= 0.3 is 0 Å². The lowest BCUT2D eigenvalue weighted by atomic mass is 10.0. The quantitative estimate of drug-likeness (QED) is 0.600. The van der Waals surface area contributed by atoms with Gasteiger partial charge in [0.05, 0.1) is 6.42 Å². The molecule has 2 amide bonds. The van der Waals surface area contributed by atoms with Gasteiger partial charge in [-0.25, -0.2) is 0 Å². The monoisotopic (exact) mass is 394 g/mol. The first kappa shape index (κ1) is 22.7. The molecule has 2 rings (SSSR count). The summed E-state index contributed by atoms with van der Waals surface area (Å²) in [6.07, 6.45) is 2.86. The molecule has 0 aliphatic heterocycles. The number of carbonyl (C=O) groups excluding carboxylic acids is 2. The van der Waals surface area contributed by atoms with E-state index in [0.29, 0.717) is 25.9 Å². The van der Waals surface area contributed by atoms with Crippen LogP contribution in [0.15, 0.2) is 48.5 Å². The van der Waals surface area contributed by atoms with Crippen molar-refractivity contribution in [2.24, 2.45) is 0 Å². The summed E-state index contributed by atoms with van der Waals surface area (Å²) < 4.78 is 0. The molecule has 4 heteroatoms. The fourth-order valence-corrected chi connectivity index (χ4v) is 3.47. The molecule has 0 fully saturated rings. The van der Waals surface area contributed by atoms with Gasteiger partial charge in [-0.05, 0) is 48.9 Å². The molecule has 0 bridgehead atoms. The molecule has 1 atom stereocenters. The van der Waals surface area contributed by atoms with Crippen molar-refractivity contribution in [2.45, 2.75) is 66.0 Å². The molecule has 1 N–H and O–H groups in total. The predicted molar refractivity (Wildman–Crippen MR) is 119 cm³/mol. The predicted octanol–water partition coefficient (Wildman–Crippen LogP) is 4.57. The maximum Gasteiger partial charge on any atom is 0.242 e. The lowest BCUT2D eigenvalue weighted by Crippen LogP contribution is -2.49. The minimum atomic E-state index is -0.469. The first-order valence-corrected chi connectivity index (χ1v) is 10.6. The van der Waals surface area contributed by atoms with Gasteiger partial charge < -0.3 is 10.2 Å². The van der Waals surface area contributed by atoms with Gasteiger partial charge in [-0.1, -0.05) is 68.8 Å².